The predicted octanol–water partition coefficient (Wildman–Crippen LogP) is 3.60. The van der Waals surface area contributed by atoms with Crippen molar-refractivity contribution in [3.63, 3.8) is 0 Å². The summed E-state index contributed by atoms with van der Waals surface area (Å²) in [6.07, 6.45) is 5.58. The number of rotatable bonds is 4. The Bertz CT molecular complexity index is 846. The van der Waals surface area contributed by atoms with Gasteiger partial charge in [0.25, 0.3) is 0 Å². The maximum absolute atomic E-state index is 5.90. The highest BCUT2D eigenvalue weighted by molar-refractivity contribution is 5.86. The molecule has 0 aliphatic heterocycles. The number of benzene rings is 1. The molecule has 2 heterocycles. The zero-order valence-corrected chi connectivity index (χ0v) is 14.3. The van der Waals surface area contributed by atoms with Gasteiger partial charge in [0.1, 0.15) is 0 Å². The van der Waals surface area contributed by atoms with Crippen LogP contribution in [-0.2, 0) is 12.8 Å². The lowest BCUT2D eigenvalue weighted by molar-refractivity contribution is 0.327. The fraction of sp³-hybridized carbons (Fsp3) is 0.368. The van der Waals surface area contributed by atoms with E-state index in [0.29, 0.717) is 18.3 Å². The Balaban J connectivity index is 2.04. The van der Waals surface area contributed by atoms with E-state index in [2.05, 4.69) is 44.9 Å². The van der Waals surface area contributed by atoms with Gasteiger partial charge < -0.3 is 4.74 Å². The van der Waals surface area contributed by atoms with Crippen LogP contribution in [-0.4, -0.2) is 32.2 Å². The number of nitrogens with zero attached hydrogens (tertiary/aromatic N) is 4. The van der Waals surface area contributed by atoms with Gasteiger partial charge in [0.15, 0.2) is 0 Å². The van der Waals surface area contributed by atoms with Crippen molar-refractivity contribution < 1.29 is 4.74 Å². The molecule has 3 aromatic rings. The average Bonchev–Trinajstić information content (AvgIpc) is 3.07. The van der Waals surface area contributed by atoms with Crippen molar-refractivity contribution >= 4 is 0 Å². The molecule has 0 atom stereocenters. The third-order valence-electron chi connectivity index (χ3n) is 4.60. The first-order valence-corrected chi connectivity index (χ1v) is 8.86. The molecular weight excluding hydrogens is 314 g/mol. The Labute approximate surface area is 146 Å². The Morgan fingerprint density at radius 2 is 1.88 bits per heavy atom. The van der Waals surface area contributed by atoms with Gasteiger partial charge in [-0.3, -0.25) is 0 Å². The number of tetrazole rings is 1. The number of nitrogens with one attached hydrogen (secondary N) is 1. The molecule has 6 heteroatoms. The highest BCUT2D eigenvalue weighted by Crippen LogP contribution is 2.41. The van der Waals surface area contributed by atoms with Gasteiger partial charge in [-0.1, -0.05) is 36.8 Å². The third-order valence-corrected chi connectivity index (χ3v) is 4.60. The Morgan fingerprint density at radius 1 is 1.04 bits per heavy atom. The molecule has 0 amide bonds. The van der Waals surface area contributed by atoms with Crippen LogP contribution in [0.4, 0.5) is 0 Å². The predicted molar refractivity (Wildman–Crippen MR) is 95.3 cm³/mol. The summed E-state index contributed by atoms with van der Waals surface area (Å²) in [5.74, 6) is 1.13. The highest BCUT2D eigenvalue weighted by Gasteiger charge is 2.26. The lowest BCUT2D eigenvalue weighted by Crippen LogP contribution is -2.07. The maximum atomic E-state index is 5.90. The molecule has 0 saturated carbocycles. The number of fused-ring (bicyclic) bond motifs is 1. The average molecular weight is 335 g/mol. The van der Waals surface area contributed by atoms with E-state index in [-0.39, 0.29) is 0 Å². The molecule has 0 spiro atoms. The second-order valence-corrected chi connectivity index (χ2v) is 6.19. The van der Waals surface area contributed by atoms with E-state index in [9.17, 15) is 0 Å². The number of aromatic nitrogens is 5. The van der Waals surface area contributed by atoms with Crippen LogP contribution >= 0.6 is 0 Å². The SMILES string of the molecule is CCOc1nc2c(c(-c3ccccc3)c1-c1nn[nH]n1)CCCCC2. The highest BCUT2D eigenvalue weighted by atomic mass is 16.5. The second-order valence-electron chi connectivity index (χ2n) is 6.19. The summed E-state index contributed by atoms with van der Waals surface area (Å²) in [5, 5.41) is 14.7. The maximum Gasteiger partial charge on any atom is 0.225 e. The number of hydrogen-bond donors (Lipinski definition) is 1. The first-order valence-electron chi connectivity index (χ1n) is 8.86. The standard InChI is InChI=1S/C19H21N5O/c1-2-25-19-17(18-21-23-24-22-18)16(13-9-5-3-6-10-13)14-11-7-4-8-12-15(14)20-19/h3,5-6,9-10H,2,4,7-8,11-12H2,1H3,(H,21,22,23,24). The summed E-state index contributed by atoms with van der Waals surface area (Å²) in [6.45, 7) is 2.51. The summed E-state index contributed by atoms with van der Waals surface area (Å²) in [4.78, 5) is 4.86. The first kappa shape index (κ1) is 15.7. The van der Waals surface area contributed by atoms with E-state index in [4.69, 9.17) is 9.72 Å². The molecule has 0 fully saturated rings. The summed E-state index contributed by atoms with van der Waals surface area (Å²) < 4.78 is 5.90. The van der Waals surface area contributed by atoms with Gasteiger partial charge in [-0.2, -0.15) is 5.21 Å². The van der Waals surface area contributed by atoms with E-state index < -0.39 is 0 Å². The van der Waals surface area contributed by atoms with Gasteiger partial charge in [-0.05, 0) is 48.9 Å². The molecule has 1 N–H and O–H groups in total. The summed E-state index contributed by atoms with van der Waals surface area (Å²) in [5.41, 5.74) is 5.56. The molecule has 128 valence electrons. The van der Waals surface area contributed by atoms with Crippen LogP contribution < -0.4 is 4.74 Å². The largest absolute Gasteiger partial charge is 0.477 e. The van der Waals surface area contributed by atoms with Crippen molar-refractivity contribution in [2.45, 2.75) is 39.0 Å². The smallest absolute Gasteiger partial charge is 0.225 e. The van der Waals surface area contributed by atoms with E-state index in [1.54, 1.807) is 0 Å². The topological polar surface area (TPSA) is 76.6 Å². The van der Waals surface area contributed by atoms with E-state index in [1.807, 2.05) is 13.0 Å². The molecular formula is C19H21N5O. The molecule has 25 heavy (non-hydrogen) atoms. The van der Waals surface area contributed by atoms with E-state index in [1.165, 1.54) is 24.8 Å². The van der Waals surface area contributed by atoms with Gasteiger partial charge in [0.2, 0.25) is 11.7 Å². The Kier molecular flexibility index (Phi) is 4.41. The zero-order chi connectivity index (χ0) is 17.1. The molecule has 6 nitrogen and oxygen atoms in total. The van der Waals surface area contributed by atoms with Crippen molar-refractivity contribution in [1.29, 1.82) is 0 Å². The molecule has 0 saturated heterocycles. The van der Waals surface area contributed by atoms with E-state index >= 15 is 0 Å². The number of ether oxygens (including phenoxy) is 1. The fourth-order valence-electron chi connectivity index (χ4n) is 3.53. The quantitative estimate of drug-likeness (QED) is 0.737. The van der Waals surface area contributed by atoms with Crippen molar-refractivity contribution in [2.24, 2.45) is 0 Å². The van der Waals surface area contributed by atoms with Crippen molar-refractivity contribution in [3.05, 3.63) is 41.6 Å². The summed E-state index contributed by atoms with van der Waals surface area (Å²) in [7, 11) is 0. The molecule has 2 aromatic heterocycles. The van der Waals surface area contributed by atoms with Gasteiger partial charge in [-0.15, -0.1) is 10.2 Å². The van der Waals surface area contributed by atoms with Crippen molar-refractivity contribution in [2.75, 3.05) is 6.61 Å². The molecule has 4 rings (SSSR count). The third kappa shape index (κ3) is 2.99. The van der Waals surface area contributed by atoms with Gasteiger partial charge in [0, 0.05) is 11.3 Å². The van der Waals surface area contributed by atoms with Gasteiger partial charge in [-0.25, -0.2) is 4.98 Å². The molecule has 1 aliphatic rings. The minimum atomic E-state index is 0.529. The molecule has 1 aromatic carbocycles. The number of aromatic amines is 1. The molecule has 0 unspecified atom stereocenters. The lowest BCUT2D eigenvalue weighted by Gasteiger charge is -2.19. The first-order chi connectivity index (χ1) is 12.4. The Hall–Kier alpha value is -2.76. The summed E-state index contributed by atoms with van der Waals surface area (Å²) >= 11 is 0. The monoisotopic (exact) mass is 335 g/mol. The van der Waals surface area contributed by atoms with Crippen LogP contribution in [0.2, 0.25) is 0 Å². The van der Waals surface area contributed by atoms with Gasteiger partial charge in [0.05, 0.1) is 12.2 Å². The Morgan fingerprint density at radius 3 is 2.64 bits per heavy atom. The van der Waals surface area contributed by atoms with Gasteiger partial charge >= 0.3 is 0 Å². The molecule has 0 bridgehead atoms. The van der Waals surface area contributed by atoms with Crippen LogP contribution in [0.25, 0.3) is 22.5 Å². The number of H-pyrrole nitrogens is 1. The van der Waals surface area contributed by atoms with Crippen LogP contribution in [0, 0.1) is 0 Å². The number of hydrogen-bond acceptors (Lipinski definition) is 5. The van der Waals surface area contributed by atoms with Crippen LogP contribution in [0.15, 0.2) is 30.3 Å². The van der Waals surface area contributed by atoms with Crippen LogP contribution in [0.3, 0.4) is 0 Å². The number of pyridine rings is 1. The normalized spacial score (nSPS) is 14.0. The second kappa shape index (κ2) is 7.01. The summed E-state index contributed by atoms with van der Waals surface area (Å²) in [6, 6.07) is 10.4. The number of aryl methyl sites for hydroxylation is 1. The molecule has 1 aliphatic carbocycles. The van der Waals surface area contributed by atoms with Crippen molar-refractivity contribution in [3.8, 4) is 28.4 Å². The van der Waals surface area contributed by atoms with Crippen LogP contribution in [0.1, 0.15) is 37.4 Å². The fourth-order valence-corrected chi connectivity index (χ4v) is 3.53. The van der Waals surface area contributed by atoms with E-state index in [0.717, 1.165) is 35.2 Å². The minimum Gasteiger partial charge on any atom is -0.477 e. The minimum absolute atomic E-state index is 0.529. The lowest BCUT2D eigenvalue weighted by atomic mass is 9.91. The van der Waals surface area contributed by atoms with Crippen molar-refractivity contribution in [1.82, 2.24) is 25.6 Å². The zero-order valence-electron chi connectivity index (χ0n) is 14.3. The van der Waals surface area contributed by atoms with Crippen LogP contribution in [0.5, 0.6) is 5.88 Å². The molecule has 0 radical (unpaired) electrons.